The van der Waals surface area contributed by atoms with Gasteiger partial charge in [-0.1, -0.05) is 72.8 Å². The molecule has 0 fully saturated rings. The number of benzene rings is 3. The first-order valence-electron chi connectivity index (χ1n) is 8.14. The summed E-state index contributed by atoms with van der Waals surface area (Å²) in [6, 6.07) is 24.4. The molecule has 3 nitrogen and oxygen atoms in total. The van der Waals surface area contributed by atoms with E-state index in [1.807, 2.05) is 48.5 Å². The number of rotatable bonds is 6. The van der Waals surface area contributed by atoms with Crippen LogP contribution in [0.15, 0.2) is 77.9 Å². The summed E-state index contributed by atoms with van der Waals surface area (Å²) in [5.41, 5.74) is 4.90. The molecule has 0 aliphatic heterocycles. The number of fused-ring (bicyclic) bond motifs is 1. The monoisotopic (exact) mass is 316 g/mol. The highest BCUT2D eigenvalue weighted by molar-refractivity contribution is 5.90. The van der Waals surface area contributed by atoms with Crippen LogP contribution in [0.25, 0.3) is 10.8 Å². The number of hydrogen-bond acceptors (Lipinski definition) is 2. The third-order valence-electron chi connectivity index (χ3n) is 3.92. The molecule has 0 aliphatic carbocycles. The van der Waals surface area contributed by atoms with Crippen LogP contribution in [0.3, 0.4) is 0 Å². The molecule has 3 heteroatoms. The Morgan fingerprint density at radius 1 is 0.917 bits per heavy atom. The minimum atomic E-state index is -0.0951. The van der Waals surface area contributed by atoms with Crippen LogP contribution in [0.4, 0.5) is 0 Å². The van der Waals surface area contributed by atoms with Gasteiger partial charge in [0.25, 0.3) is 0 Å². The molecule has 0 aromatic heterocycles. The summed E-state index contributed by atoms with van der Waals surface area (Å²) in [7, 11) is 0. The van der Waals surface area contributed by atoms with Crippen molar-refractivity contribution in [3.05, 3.63) is 83.9 Å². The fourth-order valence-corrected chi connectivity index (χ4v) is 2.72. The van der Waals surface area contributed by atoms with E-state index in [0.29, 0.717) is 6.42 Å². The number of hydrogen-bond donors (Lipinski definition) is 1. The third kappa shape index (κ3) is 4.29. The highest BCUT2D eigenvalue weighted by atomic mass is 16.2. The van der Waals surface area contributed by atoms with Crippen molar-refractivity contribution >= 4 is 22.9 Å². The molecule has 120 valence electrons. The summed E-state index contributed by atoms with van der Waals surface area (Å²) in [5, 5.41) is 6.30. The van der Waals surface area contributed by atoms with Gasteiger partial charge in [0.1, 0.15) is 0 Å². The Balaban J connectivity index is 1.51. The zero-order valence-corrected chi connectivity index (χ0v) is 13.5. The number of amides is 1. The number of nitrogens with zero attached hydrogens (tertiary/aromatic N) is 1. The highest BCUT2D eigenvalue weighted by Crippen LogP contribution is 2.18. The van der Waals surface area contributed by atoms with E-state index in [4.69, 9.17) is 0 Å². The van der Waals surface area contributed by atoms with E-state index in [9.17, 15) is 4.79 Å². The minimum absolute atomic E-state index is 0.0951. The lowest BCUT2D eigenvalue weighted by molar-refractivity contribution is -0.120. The van der Waals surface area contributed by atoms with E-state index in [0.717, 1.165) is 29.2 Å². The number of aryl methyl sites for hydroxylation is 1. The molecule has 1 amide bonds. The van der Waals surface area contributed by atoms with Crippen molar-refractivity contribution in [3.63, 3.8) is 0 Å². The van der Waals surface area contributed by atoms with Crippen molar-refractivity contribution in [1.29, 1.82) is 0 Å². The Bertz CT molecular complexity index is 835. The van der Waals surface area contributed by atoms with Crippen molar-refractivity contribution in [2.75, 3.05) is 0 Å². The van der Waals surface area contributed by atoms with E-state index in [-0.39, 0.29) is 5.91 Å². The van der Waals surface area contributed by atoms with Crippen molar-refractivity contribution in [2.45, 2.75) is 19.3 Å². The largest absolute Gasteiger partial charge is 0.273 e. The van der Waals surface area contributed by atoms with E-state index < -0.39 is 0 Å². The van der Waals surface area contributed by atoms with Gasteiger partial charge in [-0.15, -0.1) is 0 Å². The van der Waals surface area contributed by atoms with Crippen LogP contribution in [-0.4, -0.2) is 12.1 Å². The van der Waals surface area contributed by atoms with Gasteiger partial charge in [0, 0.05) is 6.21 Å². The predicted molar refractivity (Wildman–Crippen MR) is 99.0 cm³/mol. The summed E-state index contributed by atoms with van der Waals surface area (Å²) in [6.07, 6.45) is 3.81. The topological polar surface area (TPSA) is 41.5 Å². The molecule has 0 bridgehead atoms. The Labute approximate surface area is 142 Å². The first-order valence-corrected chi connectivity index (χ1v) is 8.14. The van der Waals surface area contributed by atoms with Gasteiger partial charge in [-0.3, -0.25) is 4.79 Å². The number of carbonyl (C=O) groups excluding carboxylic acids is 1. The summed E-state index contributed by atoms with van der Waals surface area (Å²) >= 11 is 0. The van der Waals surface area contributed by atoms with Crippen LogP contribution < -0.4 is 5.43 Å². The molecule has 0 saturated heterocycles. The first kappa shape index (κ1) is 15.9. The number of carbonyl (C=O) groups is 1. The molecular formula is C21H20N2O. The third-order valence-corrected chi connectivity index (χ3v) is 3.92. The highest BCUT2D eigenvalue weighted by Gasteiger charge is 2.05. The number of hydrazone groups is 1. The minimum Gasteiger partial charge on any atom is -0.273 e. The maximum atomic E-state index is 12.1. The fraction of sp³-hybridized carbons (Fsp3) is 0.143. The van der Waals surface area contributed by atoms with Crippen molar-refractivity contribution in [2.24, 2.45) is 5.10 Å². The predicted octanol–water partition coefficient (Wildman–Crippen LogP) is 4.12. The zero-order chi connectivity index (χ0) is 16.6. The molecular weight excluding hydrogens is 296 g/mol. The lowest BCUT2D eigenvalue weighted by Gasteiger charge is -2.05. The van der Waals surface area contributed by atoms with E-state index in [1.165, 1.54) is 5.56 Å². The van der Waals surface area contributed by atoms with Crippen LogP contribution in [0, 0.1) is 0 Å². The first-order chi connectivity index (χ1) is 11.8. The van der Waals surface area contributed by atoms with Gasteiger partial charge in [-0.05, 0) is 34.7 Å². The second-order valence-corrected chi connectivity index (χ2v) is 5.69. The van der Waals surface area contributed by atoms with Crippen molar-refractivity contribution < 1.29 is 4.79 Å². The van der Waals surface area contributed by atoms with Gasteiger partial charge >= 0.3 is 0 Å². The van der Waals surface area contributed by atoms with Gasteiger partial charge < -0.3 is 0 Å². The molecule has 0 unspecified atom stereocenters. The van der Waals surface area contributed by atoms with Crippen molar-refractivity contribution in [1.82, 2.24) is 5.43 Å². The quantitative estimate of drug-likeness (QED) is 0.539. The van der Waals surface area contributed by atoms with Gasteiger partial charge in [-0.2, -0.15) is 5.10 Å². The molecule has 24 heavy (non-hydrogen) atoms. The lowest BCUT2D eigenvalue weighted by Crippen LogP contribution is -2.19. The van der Waals surface area contributed by atoms with Gasteiger partial charge in [0.05, 0.1) is 6.42 Å². The van der Waals surface area contributed by atoms with Crippen LogP contribution >= 0.6 is 0 Å². The Morgan fingerprint density at radius 2 is 1.67 bits per heavy atom. The lowest BCUT2D eigenvalue weighted by atomic mass is 10.0. The van der Waals surface area contributed by atoms with Crippen LogP contribution in [0.5, 0.6) is 0 Å². The van der Waals surface area contributed by atoms with Crippen LogP contribution in [0.2, 0.25) is 0 Å². The van der Waals surface area contributed by atoms with Gasteiger partial charge in [0.15, 0.2) is 0 Å². The summed E-state index contributed by atoms with van der Waals surface area (Å²) in [5.74, 6) is -0.0951. The molecule has 0 aliphatic rings. The van der Waals surface area contributed by atoms with E-state index in [1.54, 1.807) is 6.21 Å². The second kappa shape index (κ2) is 8.06. The van der Waals surface area contributed by atoms with Crippen LogP contribution in [-0.2, 0) is 17.6 Å². The smallest absolute Gasteiger partial charge is 0.244 e. The van der Waals surface area contributed by atoms with Crippen LogP contribution in [0.1, 0.15) is 17.5 Å². The normalized spacial score (nSPS) is 11.0. The van der Waals surface area contributed by atoms with Crippen molar-refractivity contribution in [3.8, 4) is 0 Å². The summed E-state index contributed by atoms with van der Waals surface area (Å²) < 4.78 is 0. The standard InChI is InChI=1S/C21H20N2O/c24-21(23-22-15-7-10-17-8-2-1-3-9-17)16-19-13-6-12-18-11-4-5-14-20(18)19/h1-6,8-9,11-15H,7,10,16H2,(H,23,24). The molecule has 0 atom stereocenters. The molecule has 3 aromatic rings. The average molecular weight is 316 g/mol. The fourth-order valence-electron chi connectivity index (χ4n) is 2.72. The Morgan fingerprint density at radius 3 is 2.54 bits per heavy atom. The summed E-state index contributed by atoms with van der Waals surface area (Å²) in [4.78, 5) is 12.1. The molecule has 0 spiro atoms. The maximum Gasteiger partial charge on any atom is 0.244 e. The average Bonchev–Trinajstić information content (AvgIpc) is 2.63. The van der Waals surface area contributed by atoms with Gasteiger partial charge in [0.2, 0.25) is 5.91 Å². The molecule has 0 heterocycles. The molecule has 1 N–H and O–H groups in total. The Hall–Kier alpha value is -2.94. The summed E-state index contributed by atoms with van der Waals surface area (Å²) in [6.45, 7) is 0. The molecule has 3 rings (SSSR count). The van der Waals surface area contributed by atoms with E-state index in [2.05, 4.69) is 34.8 Å². The molecule has 0 saturated carbocycles. The van der Waals surface area contributed by atoms with E-state index >= 15 is 0 Å². The maximum absolute atomic E-state index is 12.1. The second-order valence-electron chi connectivity index (χ2n) is 5.69. The number of nitrogens with one attached hydrogen (secondary N) is 1. The molecule has 0 radical (unpaired) electrons. The van der Waals surface area contributed by atoms with Gasteiger partial charge in [-0.25, -0.2) is 5.43 Å². The SMILES string of the molecule is O=C(Cc1cccc2ccccc12)NN=CCCc1ccccc1. The molecule has 3 aromatic carbocycles. The zero-order valence-electron chi connectivity index (χ0n) is 13.5. The Kier molecular flexibility index (Phi) is 5.36.